The van der Waals surface area contributed by atoms with E-state index in [1.807, 2.05) is 0 Å². The van der Waals surface area contributed by atoms with Gasteiger partial charge >= 0.3 is 0 Å². The summed E-state index contributed by atoms with van der Waals surface area (Å²) in [5, 5.41) is 14.7. The van der Waals surface area contributed by atoms with E-state index in [9.17, 15) is 18.3 Å². The Labute approximate surface area is 111 Å². The quantitative estimate of drug-likeness (QED) is 0.788. The Morgan fingerprint density at radius 2 is 2.00 bits per heavy atom. The average molecular weight is 284 g/mol. The van der Waals surface area contributed by atoms with Crippen molar-refractivity contribution in [3.05, 3.63) is 29.3 Å². The standard InChI is InChI=1S/C12H16N2O4S/c1-8-9(4-3-5-10(8)19(13,17)18)11(15)14-6-12(2,16)7-14/h3-5,16H,6-7H2,1-2H3,(H2,13,17,18). The lowest BCUT2D eigenvalue weighted by Crippen LogP contribution is -2.61. The number of nitrogens with zero attached hydrogens (tertiary/aromatic N) is 1. The first-order valence-corrected chi connectivity index (χ1v) is 7.30. The smallest absolute Gasteiger partial charge is 0.254 e. The van der Waals surface area contributed by atoms with Gasteiger partial charge in [0.05, 0.1) is 23.6 Å². The first-order valence-electron chi connectivity index (χ1n) is 5.76. The molecule has 1 amide bonds. The molecule has 1 aliphatic rings. The predicted molar refractivity (Wildman–Crippen MR) is 69.1 cm³/mol. The summed E-state index contributed by atoms with van der Waals surface area (Å²) < 4.78 is 22.8. The highest BCUT2D eigenvalue weighted by Crippen LogP contribution is 2.25. The van der Waals surface area contributed by atoms with Gasteiger partial charge in [-0.1, -0.05) is 6.07 Å². The summed E-state index contributed by atoms with van der Waals surface area (Å²) >= 11 is 0. The van der Waals surface area contributed by atoms with Crippen LogP contribution >= 0.6 is 0 Å². The largest absolute Gasteiger partial charge is 0.386 e. The summed E-state index contributed by atoms with van der Waals surface area (Å²) in [4.78, 5) is 13.6. The van der Waals surface area contributed by atoms with E-state index in [4.69, 9.17) is 5.14 Å². The maximum atomic E-state index is 12.2. The van der Waals surface area contributed by atoms with Crippen LogP contribution in [0.1, 0.15) is 22.8 Å². The van der Waals surface area contributed by atoms with Gasteiger partial charge in [0.1, 0.15) is 0 Å². The molecular weight excluding hydrogens is 268 g/mol. The summed E-state index contributed by atoms with van der Waals surface area (Å²) in [5.74, 6) is -0.297. The van der Waals surface area contributed by atoms with Crippen molar-refractivity contribution in [1.29, 1.82) is 0 Å². The number of carbonyl (C=O) groups excluding carboxylic acids is 1. The van der Waals surface area contributed by atoms with Crippen LogP contribution < -0.4 is 5.14 Å². The van der Waals surface area contributed by atoms with Crippen LogP contribution in [0.25, 0.3) is 0 Å². The molecule has 1 aliphatic heterocycles. The van der Waals surface area contributed by atoms with E-state index >= 15 is 0 Å². The molecular formula is C12H16N2O4S. The van der Waals surface area contributed by atoms with Crippen molar-refractivity contribution in [3.8, 4) is 0 Å². The van der Waals surface area contributed by atoms with Gasteiger partial charge in [-0.2, -0.15) is 0 Å². The van der Waals surface area contributed by atoms with Crippen LogP contribution in [0.15, 0.2) is 23.1 Å². The molecule has 6 nitrogen and oxygen atoms in total. The van der Waals surface area contributed by atoms with Gasteiger partial charge in [-0.25, -0.2) is 13.6 Å². The number of nitrogens with two attached hydrogens (primary N) is 1. The molecule has 2 rings (SSSR count). The Kier molecular flexibility index (Phi) is 3.16. The maximum Gasteiger partial charge on any atom is 0.254 e. The van der Waals surface area contributed by atoms with E-state index in [1.54, 1.807) is 19.9 Å². The third-order valence-electron chi connectivity index (χ3n) is 3.17. The molecule has 0 aromatic heterocycles. The third kappa shape index (κ3) is 2.63. The van der Waals surface area contributed by atoms with Crippen LogP contribution in [0.2, 0.25) is 0 Å². The second-order valence-electron chi connectivity index (χ2n) is 5.13. The van der Waals surface area contributed by atoms with Gasteiger partial charge in [-0.3, -0.25) is 4.79 Å². The second kappa shape index (κ2) is 4.29. The van der Waals surface area contributed by atoms with Gasteiger partial charge < -0.3 is 10.0 Å². The number of hydrogen-bond acceptors (Lipinski definition) is 4. The van der Waals surface area contributed by atoms with E-state index in [0.29, 0.717) is 11.1 Å². The Balaban J connectivity index is 2.35. The molecule has 1 heterocycles. The summed E-state index contributed by atoms with van der Waals surface area (Å²) in [7, 11) is -3.85. The Bertz CT molecular complexity index is 629. The molecule has 0 aliphatic carbocycles. The van der Waals surface area contributed by atoms with Crippen molar-refractivity contribution in [1.82, 2.24) is 4.90 Å². The van der Waals surface area contributed by atoms with Crippen molar-refractivity contribution in [2.75, 3.05) is 13.1 Å². The number of carbonyl (C=O) groups is 1. The van der Waals surface area contributed by atoms with E-state index in [-0.39, 0.29) is 23.9 Å². The molecule has 1 aromatic rings. The zero-order chi connectivity index (χ0) is 14.4. The zero-order valence-electron chi connectivity index (χ0n) is 10.8. The van der Waals surface area contributed by atoms with Gasteiger partial charge in [0.25, 0.3) is 5.91 Å². The molecule has 1 saturated heterocycles. The number of sulfonamides is 1. The highest BCUT2D eigenvalue weighted by Gasteiger charge is 2.40. The van der Waals surface area contributed by atoms with Crippen molar-refractivity contribution in [2.45, 2.75) is 24.3 Å². The minimum Gasteiger partial charge on any atom is -0.386 e. The number of hydrogen-bond donors (Lipinski definition) is 2. The normalized spacial score (nSPS) is 18.0. The van der Waals surface area contributed by atoms with Crippen molar-refractivity contribution >= 4 is 15.9 Å². The number of likely N-dealkylation sites (tertiary alicyclic amines) is 1. The van der Waals surface area contributed by atoms with Crippen LogP contribution in [-0.4, -0.2) is 43.0 Å². The van der Waals surface area contributed by atoms with Crippen molar-refractivity contribution in [3.63, 3.8) is 0 Å². The minimum atomic E-state index is -3.85. The number of β-amino-alcohol motifs (C(OH)–C–C–N with tert-alkyl or cyclic N) is 1. The van der Waals surface area contributed by atoms with Crippen molar-refractivity contribution in [2.24, 2.45) is 5.14 Å². The van der Waals surface area contributed by atoms with Gasteiger partial charge in [0.2, 0.25) is 10.0 Å². The number of benzene rings is 1. The predicted octanol–water partition coefficient (Wildman–Crippen LogP) is -0.151. The van der Waals surface area contributed by atoms with Crippen LogP contribution in [0, 0.1) is 6.92 Å². The molecule has 0 unspecified atom stereocenters. The highest BCUT2D eigenvalue weighted by atomic mass is 32.2. The summed E-state index contributed by atoms with van der Waals surface area (Å²) in [5.41, 5.74) is -0.232. The summed E-state index contributed by atoms with van der Waals surface area (Å²) in [6.07, 6.45) is 0. The molecule has 19 heavy (non-hydrogen) atoms. The van der Waals surface area contributed by atoms with Crippen LogP contribution in [0.3, 0.4) is 0 Å². The Hall–Kier alpha value is -1.44. The fourth-order valence-electron chi connectivity index (χ4n) is 2.24. The van der Waals surface area contributed by atoms with E-state index < -0.39 is 15.6 Å². The lowest BCUT2D eigenvalue weighted by Gasteiger charge is -2.44. The summed E-state index contributed by atoms with van der Waals surface area (Å²) in [6, 6.07) is 4.41. The first-order chi connectivity index (χ1) is 8.62. The molecule has 3 N–H and O–H groups in total. The molecule has 7 heteroatoms. The van der Waals surface area contributed by atoms with Crippen LogP contribution in [0.5, 0.6) is 0 Å². The number of primary sulfonamides is 1. The molecule has 0 saturated carbocycles. The maximum absolute atomic E-state index is 12.2. The lowest BCUT2D eigenvalue weighted by atomic mass is 9.95. The van der Waals surface area contributed by atoms with E-state index in [0.717, 1.165) is 0 Å². The molecule has 1 fully saturated rings. The van der Waals surface area contributed by atoms with Gasteiger partial charge in [0, 0.05) is 5.56 Å². The molecule has 0 atom stereocenters. The number of aliphatic hydroxyl groups is 1. The van der Waals surface area contributed by atoms with Crippen LogP contribution in [0.4, 0.5) is 0 Å². The van der Waals surface area contributed by atoms with Crippen LogP contribution in [-0.2, 0) is 10.0 Å². The monoisotopic (exact) mass is 284 g/mol. The van der Waals surface area contributed by atoms with Crippen molar-refractivity contribution < 1.29 is 18.3 Å². The minimum absolute atomic E-state index is 0.0503. The average Bonchev–Trinajstić information content (AvgIpc) is 2.23. The highest BCUT2D eigenvalue weighted by molar-refractivity contribution is 7.89. The van der Waals surface area contributed by atoms with Gasteiger partial charge in [-0.05, 0) is 31.5 Å². The third-order valence-corrected chi connectivity index (χ3v) is 4.23. The Morgan fingerprint density at radius 1 is 1.42 bits per heavy atom. The fraction of sp³-hybridized carbons (Fsp3) is 0.417. The zero-order valence-corrected chi connectivity index (χ0v) is 11.6. The molecule has 104 valence electrons. The second-order valence-corrected chi connectivity index (χ2v) is 6.66. The van der Waals surface area contributed by atoms with E-state index in [1.165, 1.54) is 17.0 Å². The first kappa shape index (κ1) is 14.0. The van der Waals surface area contributed by atoms with E-state index in [2.05, 4.69) is 0 Å². The van der Waals surface area contributed by atoms with Gasteiger partial charge in [0.15, 0.2) is 0 Å². The number of rotatable bonds is 2. The fourth-order valence-corrected chi connectivity index (χ4v) is 3.05. The molecule has 0 spiro atoms. The Morgan fingerprint density at radius 3 is 2.47 bits per heavy atom. The molecule has 0 bridgehead atoms. The lowest BCUT2D eigenvalue weighted by molar-refractivity contribution is -0.0669. The number of amides is 1. The molecule has 0 radical (unpaired) electrons. The topological polar surface area (TPSA) is 101 Å². The summed E-state index contributed by atoms with van der Waals surface area (Å²) in [6.45, 7) is 3.67. The van der Waals surface area contributed by atoms with Gasteiger partial charge in [-0.15, -0.1) is 0 Å². The SMILES string of the molecule is Cc1c(C(=O)N2CC(C)(O)C2)cccc1S(N)(=O)=O. The molecule has 1 aromatic carbocycles.